The van der Waals surface area contributed by atoms with E-state index in [0.717, 1.165) is 9.69 Å². The van der Waals surface area contributed by atoms with Gasteiger partial charge in [0.05, 0.1) is 28.5 Å². The zero-order valence-electron chi connectivity index (χ0n) is 14.7. The second-order valence-corrected chi connectivity index (χ2v) is 8.95. The predicted octanol–water partition coefficient (Wildman–Crippen LogP) is -0.368. The monoisotopic (exact) mass is 403 g/mol. The number of para-hydroxylation sites is 1. The molecule has 0 bridgehead atoms. The minimum Gasteiger partial charge on any atom is -0.273 e. The molecule has 3 heterocycles. The lowest BCUT2D eigenvalue weighted by Crippen LogP contribution is -2.44. The van der Waals surface area contributed by atoms with Crippen molar-refractivity contribution in [2.24, 2.45) is 5.10 Å². The zero-order chi connectivity index (χ0) is 19.9. The van der Waals surface area contributed by atoms with Crippen molar-refractivity contribution in [2.45, 2.75) is 25.3 Å². The number of hydrogen-bond donors (Lipinski definition) is 1. The Kier molecular flexibility index (Phi) is 4.46. The number of hydrogen-bond acceptors (Lipinski definition) is 7. The molecule has 0 radical (unpaired) electrons. The summed E-state index contributed by atoms with van der Waals surface area (Å²) in [6.45, 7) is 0. The average molecular weight is 403 g/mol. The molecular formula is C17H17N5O5S. The van der Waals surface area contributed by atoms with Gasteiger partial charge < -0.3 is 0 Å². The highest BCUT2D eigenvalue weighted by molar-refractivity contribution is 7.91. The number of rotatable bonds is 3. The normalized spacial score (nSPS) is 21.6. The van der Waals surface area contributed by atoms with E-state index in [2.05, 4.69) is 15.5 Å². The van der Waals surface area contributed by atoms with E-state index >= 15 is 0 Å². The Labute approximate surface area is 159 Å². The van der Waals surface area contributed by atoms with Crippen molar-refractivity contribution in [2.75, 3.05) is 16.9 Å². The van der Waals surface area contributed by atoms with Crippen LogP contribution in [0.2, 0.25) is 0 Å². The van der Waals surface area contributed by atoms with Gasteiger partial charge in [-0.2, -0.15) is 5.10 Å². The smallest absolute Gasteiger partial charge is 0.273 e. The van der Waals surface area contributed by atoms with E-state index in [1.807, 2.05) is 0 Å². The highest BCUT2D eigenvalue weighted by atomic mass is 32.2. The third-order valence-corrected chi connectivity index (χ3v) is 6.51. The Hall–Kier alpha value is -3.08. The van der Waals surface area contributed by atoms with Crippen LogP contribution in [0.25, 0.3) is 10.9 Å². The second kappa shape index (κ2) is 6.82. The van der Waals surface area contributed by atoms with Gasteiger partial charge in [-0.25, -0.2) is 23.1 Å². The lowest BCUT2D eigenvalue weighted by molar-refractivity contribution is -0.133. The molecule has 28 heavy (non-hydrogen) atoms. The van der Waals surface area contributed by atoms with Crippen LogP contribution in [0.4, 0.5) is 0 Å². The molecule has 1 aromatic heterocycles. The highest BCUT2D eigenvalue weighted by Gasteiger charge is 2.37. The summed E-state index contributed by atoms with van der Waals surface area (Å²) in [5.74, 6) is -1.12. The Morgan fingerprint density at radius 2 is 1.96 bits per heavy atom. The van der Waals surface area contributed by atoms with E-state index < -0.39 is 27.3 Å². The maximum absolute atomic E-state index is 12.6. The van der Waals surface area contributed by atoms with Crippen LogP contribution in [0.15, 0.2) is 40.5 Å². The summed E-state index contributed by atoms with van der Waals surface area (Å²) in [6.07, 6.45) is 1.66. The summed E-state index contributed by atoms with van der Waals surface area (Å²) in [5.41, 5.74) is 2.56. The number of amides is 2. The van der Waals surface area contributed by atoms with Gasteiger partial charge in [0.1, 0.15) is 12.0 Å². The molecule has 0 saturated carbocycles. The summed E-state index contributed by atoms with van der Waals surface area (Å²) in [4.78, 5) is 41.3. The van der Waals surface area contributed by atoms with E-state index in [0.29, 0.717) is 17.3 Å². The van der Waals surface area contributed by atoms with E-state index in [-0.39, 0.29) is 36.0 Å². The lowest BCUT2D eigenvalue weighted by Gasteiger charge is -2.27. The van der Waals surface area contributed by atoms with Crippen molar-refractivity contribution in [3.8, 4) is 0 Å². The van der Waals surface area contributed by atoms with Crippen LogP contribution in [0.5, 0.6) is 0 Å². The number of carbonyl (C=O) groups excluding carboxylic acids is 2. The number of fused-ring (bicyclic) bond motifs is 1. The quantitative estimate of drug-likeness (QED) is 0.744. The van der Waals surface area contributed by atoms with Crippen LogP contribution in [-0.2, 0) is 19.4 Å². The molecule has 1 atom stereocenters. The molecule has 11 heteroatoms. The fraction of sp³-hybridized carbons (Fsp3) is 0.353. The molecule has 0 spiro atoms. The molecule has 2 aliphatic rings. The van der Waals surface area contributed by atoms with Gasteiger partial charge in [0.2, 0.25) is 5.91 Å². The molecule has 1 fully saturated rings. The largest absolute Gasteiger partial charge is 0.286 e. The first kappa shape index (κ1) is 18.3. The van der Waals surface area contributed by atoms with Crippen LogP contribution in [0.3, 0.4) is 0 Å². The van der Waals surface area contributed by atoms with E-state index in [1.165, 1.54) is 6.33 Å². The molecule has 0 aliphatic carbocycles. The molecule has 2 amide bonds. The van der Waals surface area contributed by atoms with Gasteiger partial charge in [-0.1, -0.05) is 12.1 Å². The molecule has 4 rings (SSSR count). The maximum Gasteiger partial charge on any atom is 0.286 e. The van der Waals surface area contributed by atoms with Crippen molar-refractivity contribution in [3.05, 3.63) is 40.9 Å². The van der Waals surface area contributed by atoms with E-state index in [4.69, 9.17) is 0 Å². The number of benzene rings is 1. The summed E-state index contributed by atoms with van der Waals surface area (Å²) < 4.78 is 24.3. The van der Waals surface area contributed by atoms with Crippen LogP contribution < -0.4 is 11.0 Å². The Bertz CT molecular complexity index is 1170. The number of aromatic nitrogens is 2. The van der Waals surface area contributed by atoms with Gasteiger partial charge in [0, 0.05) is 12.8 Å². The van der Waals surface area contributed by atoms with Crippen LogP contribution in [0, 0.1) is 0 Å². The molecule has 1 N–H and O–H groups in total. The second-order valence-electron chi connectivity index (χ2n) is 6.72. The Morgan fingerprint density at radius 3 is 2.71 bits per heavy atom. The molecule has 0 unspecified atom stereocenters. The summed E-state index contributed by atoms with van der Waals surface area (Å²) >= 11 is 0. The van der Waals surface area contributed by atoms with Crippen LogP contribution in [-0.4, -0.2) is 58.2 Å². The van der Waals surface area contributed by atoms with Gasteiger partial charge in [-0.3, -0.25) is 19.8 Å². The van der Waals surface area contributed by atoms with E-state index in [1.54, 1.807) is 24.3 Å². The van der Waals surface area contributed by atoms with Gasteiger partial charge in [0.25, 0.3) is 11.5 Å². The number of hydrazone groups is 1. The molecule has 10 nitrogen and oxygen atoms in total. The first-order valence-corrected chi connectivity index (χ1v) is 10.5. The standard InChI is InChI=1S/C17H17N5O5S/c23-15-6-5-14(19-22(15)11-7-8-28(26,27)9-11)16(24)20-21-10-18-13-4-2-1-3-12(13)17(21)25/h1-4,10-11H,5-9H2,(H,20,24)/t11-/m1/s1. The SMILES string of the molecule is O=C(Nn1cnc2ccccc2c1=O)C1=NN([C@@H]2CCS(=O)(=O)C2)C(=O)CC1. The highest BCUT2D eigenvalue weighted by Crippen LogP contribution is 2.22. The van der Waals surface area contributed by atoms with Crippen LogP contribution in [0.1, 0.15) is 19.3 Å². The lowest BCUT2D eigenvalue weighted by atomic mass is 10.1. The molecule has 2 aliphatic heterocycles. The number of carbonyl (C=O) groups is 2. The average Bonchev–Trinajstić information content (AvgIpc) is 3.04. The summed E-state index contributed by atoms with van der Waals surface area (Å²) in [7, 11) is -3.20. The summed E-state index contributed by atoms with van der Waals surface area (Å²) in [6, 6.07) is 6.18. The fourth-order valence-electron chi connectivity index (χ4n) is 3.31. The first-order valence-electron chi connectivity index (χ1n) is 8.72. The van der Waals surface area contributed by atoms with Crippen LogP contribution >= 0.6 is 0 Å². The maximum atomic E-state index is 12.6. The fourth-order valence-corrected chi connectivity index (χ4v) is 5.00. The van der Waals surface area contributed by atoms with Gasteiger partial charge in [0.15, 0.2) is 9.84 Å². The number of nitrogens with one attached hydrogen (secondary N) is 1. The van der Waals surface area contributed by atoms with Crippen molar-refractivity contribution in [1.82, 2.24) is 14.7 Å². The zero-order valence-corrected chi connectivity index (χ0v) is 15.6. The first-order chi connectivity index (χ1) is 13.3. The van der Waals surface area contributed by atoms with Gasteiger partial charge in [-0.15, -0.1) is 0 Å². The predicted molar refractivity (Wildman–Crippen MR) is 101 cm³/mol. The molecule has 2 aromatic rings. The van der Waals surface area contributed by atoms with Crippen molar-refractivity contribution < 1.29 is 18.0 Å². The van der Waals surface area contributed by atoms with Crippen molar-refractivity contribution >= 4 is 38.3 Å². The minimum absolute atomic E-state index is 0.00332. The number of nitrogens with zero attached hydrogens (tertiary/aromatic N) is 4. The summed E-state index contributed by atoms with van der Waals surface area (Å²) in [5, 5.41) is 5.54. The van der Waals surface area contributed by atoms with E-state index in [9.17, 15) is 22.8 Å². The van der Waals surface area contributed by atoms with Crippen molar-refractivity contribution in [3.63, 3.8) is 0 Å². The molecule has 1 saturated heterocycles. The molecule has 146 valence electrons. The third kappa shape index (κ3) is 3.40. The molecular weight excluding hydrogens is 386 g/mol. The van der Waals surface area contributed by atoms with Crippen molar-refractivity contribution in [1.29, 1.82) is 0 Å². The minimum atomic E-state index is -3.20. The number of sulfone groups is 1. The topological polar surface area (TPSA) is 131 Å². The third-order valence-electron chi connectivity index (χ3n) is 4.76. The molecule has 1 aromatic carbocycles. The Morgan fingerprint density at radius 1 is 1.18 bits per heavy atom. The van der Waals surface area contributed by atoms with Gasteiger partial charge >= 0.3 is 0 Å². The Balaban J connectivity index is 1.58. The van der Waals surface area contributed by atoms with Gasteiger partial charge in [-0.05, 0) is 18.6 Å².